The first-order chi connectivity index (χ1) is 8.24. The Kier molecular flexibility index (Phi) is 3.83. The average Bonchev–Trinajstić information content (AvgIpc) is 2.81. The normalized spacial score (nSPS) is 10.9. The summed E-state index contributed by atoms with van der Waals surface area (Å²) in [6.07, 6.45) is 2.74. The van der Waals surface area contributed by atoms with Crippen LogP contribution in [0.2, 0.25) is 0 Å². The van der Waals surface area contributed by atoms with Crippen LogP contribution < -0.4 is 5.73 Å². The van der Waals surface area contributed by atoms with Gasteiger partial charge in [-0.2, -0.15) is 0 Å². The van der Waals surface area contributed by atoms with Gasteiger partial charge in [0.05, 0.1) is 12.8 Å². The molecular weight excluding hydrogens is 212 g/mol. The molecule has 0 aliphatic rings. The van der Waals surface area contributed by atoms with Crippen LogP contribution in [-0.2, 0) is 13.0 Å². The van der Waals surface area contributed by atoms with Gasteiger partial charge in [0.2, 0.25) is 0 Å². The van der Waals surface area contributed by atoms with Crippen LogP contribution in [-0.4, -0.2) is 18.5 Å². The van der Waals surface area contributed by atoms with Crippen molar-refractivity contribution in [2.24, 2.45) is 0 Å². The molecule has 17 heavy (non-hydrogen) atoms. The number of benzene rings is 1. The summed E-state index contributed by atoms with van der Waals surface area (Å²) in [7, 11) is 2.10. The summed E-state index contributed by atoms with van der Waals surface area (Å²) in [5, 5.41) is 0. The Labute approximate surface area is 102 Å². The minimum atomic E-state index is 0.817. The number of anilines is 1. The quantitative estimate of drug-likeness (QED) is 0.803. The second-order valence-electron chi connectivity index (χ2n) is 4.31. The molecule has 0 aliphatic heterocycles. The van der Waals surface area contributed by atoms with Gasteiger partial charge in [-0.25, -0.2) is 0 Å². The molecule has 1 aromatic carbocycles. The number of nitrogen functional groups attached to an aromatic ring is 1. The van der Waals surface area contributed by atoms with Crippen LogP contribution in [0.5, 0.6) is 0 Å². The molecule has 0 radical (unpaired) electrons. The molecule has 2 rings (SSSR count). The first-order valence-electron chi connectivity index (χ1n) is 5.79. The van der Waals surface area contributed by atoms with E-state index < -0.39 is 0 Å². The molecule has 0 saturated heterocycles. The van der Waals surface area contributed by atoms with E-state index in [9.17, 15) is 0 Å². The predicted molar refractivity (Wildman–Crippen MR) is 69.6 cm³/mol. The molecule has 2 aromatic rings. The monoisotopic (exact) mass is 230 g/mol. The number of likely N-dealkylation sites (N-methyl/N-ethyl adjacent to an activating group) is 1. The summed E-state index contributed by atoms with van der Waals surface area (Å²) in [6.45, 7) is 1.85. The molecule has 0 spiro atoms. The second kappa shape index (κ2) is 5.55. The number of furan rings is 1. The van der Waals surface area contributed by atoms with Crippen LogP contribution in [0.4, 0.5) is 5.69 Å². The highest BCUT2D eigenvalue weighted by Crippen LogP contribution is 2.08. The van der Waals surface area contributed by atoms with Crippen molar-refractivity contribution in [3.05, 3.63) is 54.0 Å². The number of hydrogen-bond acceptors (Lipinski definition) is 3. The van der Waals surface area contributed by atoms with Crippen molar-refractivity contribution in [3.63, 3.8) is 0 Å². The molecule has 3 nitrogen and oxygen atoms in total. The first-order valence-corrected chi connectivity index (χ1v) is 5.79. The predicted octanol–water partition coefficient (Wildman–Crippen LogP) is 2.54. The highest BCUT2D eigenvalue weighted by molar-refractivity contribution is 5.39. The van der Waals surface area contributed by atoms with Gasteiger partial charge in [-0.15, -0.1) is 0 Å². The maximum absolute atomic E-state index is 5.65. The van der Waals surface area contributed by atoms with Crippen LogP contribution >= 0.6 is 0 Å². The van der Waals surface area contributed by atoms with Crippen LogP contribution in [0.3, 0.4) is 0 Å². The van der Waals surface area contributed by atoms with Gasteiger partial charge in [-0.1, -0.05) is 12.1 Å². The van der Waals surface area contributed by atoms with Gasteiger partial charge in [-0.3, -0.25) is 4.90 Å². The van der Waals surface area contributed by atoms with E-state index in [2.05, 4.69) is 24.1 Å². The molecule has 0 aliphatic carbocycles. The van der Waals surface area contributed by atoms with E-state index in [1.165, 1.54) is 5.56 Å². The van der Waals surface area contributed by atoms with Crippen molar-refractivity contribution < 1.29 is 4.42 Å². The summed E-state index contributed by atoms with van der Waals surface area (Å²) in [5.41, 5.74) is 7.78. The van der Waals surface area contributed by atoms with Crippen LogP contribution in [0, 0.1) is 0 Å². The first kappa shape index (κ1) is 11.7. The lowest BCUT2D eigenvalue weighted by molar-refractivity contribution is 0.298. The van der Waals surface area contributed by atoms with Crippen LogP contribution in [0.15, 0.2) is 47.1 Å². The molecule has 0 atom stereocenters. The third-order valence-corrected chi connectivity index (χ3v) is 2.77. The Balaban J connectivity index is 1.79. The molecule has 2 N–H and O–H groups in total. The lowest BCUT2D eigenvalue weighted by atomic mass is 10.1. The molecule has 1 heterocycles. The molecule has 0 amide bonds. The lowest BCUT2D eigenvalue weighted by Gasteiger charge is -2.14. The zero-order valence-electron chi connectivity index (χ0n) is 10.1. The molecular formula is C14H18N2O. The summed E-state index contributed by atoms with van der Waals surface area (Å²) in [5.74, 6) is 1.00. The average molecular weight is 230 g/mol. The third kappa shape index (κ3) is 3.64. The fourth-order valence-electron chi connectivity index (χ4n) is 1.75. The summed E-state index contributed by atoms with van der Waals surface area (Å²) >= 11 is 0. The molecule has 0 fully saturated rings. The summed E-state index contributed by atoms with van der Waals surface area (Å²) in [4.78, 5) is 2.25. The van der Waals surface area contributed by atoms with Crippen LogP contribution in [0.25, 0.3) is 0 Å². The number of nitrogens with two attached hydrogens (primary N) is 1. The second-order valence-corrected chi connectivity index (χ2v) is 4.31. The van der Waals surface area contributed by atoms with Crippen molar-refractivity contribution in [3.8, 4) is 0 Å². The van der Waals surface area contributed by atoms with Crippen molar-refractivity contribution in [2.75, 3.05) is 19.3 Å². The Morgan fingerprint density at radius 3 is 2.59 bits per heavy atom. The fraction of sp³-hybridized carbons (Fsp3) is 0.286. The molecule has 3 heteroatoms. The highest BCUT2D eigenvalue weighted by Gasteiger charge is 2.02. The van der Waals surface area contributed by atoms with E-state index >= 15 is 0 Å². The van der Waals surface area contributed by atoms with Crippen molar-refractivity contribution >= 4 is 5.69 Å². The van der Waals surface area contributed by atoms with E-state index in [1.807, 2.05) is 24.3 Å². The third-order valence-electron chi connectivity index (χ3n) is 2.77. The van der Waals surface area contributed by atoms with Crippen LogP contribution in [0.1, 0.15) is 11.3 Å². The van der Waals surface area contributed by atoms with Gasteiger partial charge in [-0.05, 0) is 43.3 Å². The van der Waals surface area contributed by atoms with Gasteiger partial charge < -0.3 is 10.2 Å². The minimum Gasteiger partial charge on any atom is -0.468 e. The Bertz CT molecular complexity index is 434. The van der Waals surface area contributed by atoms with E-state index in [0.717, 1.165) is 31.0 Å². The zero-order chi connectivity index (χ0) is 12.1. The zero-order valence-corrected chi connectivity index (χ0v) is 10.1. The maximum atomic E-state index is 5.65. The van der Waals surface area contributed by atoms with E-state index in [4.69, 9.17) is 10.2 Å². The number of rotatable bonds is 5. The van der Waals surface area contributed by atoms with Crippen molar-refractivity contribution in [2.45, 2.75) is 13.0 Å². The van der Waals surface area contributed by atoms with E-state index in [1.54, 1.807) is 6.26 Å². The van der Waals surface area contributed by atoms with Gasteiger partial charge in [0.25, 0.3) is 0 Å². The minimum absolute atomic E-state index is 0.817. The van der Waals surface area contributed by atoms with Gasteiger partial charge in [0, 0.05) is 12.2 Å². The Morgan fingerprint density at radius 2 is 1.94 bits per heavy atom. The van der Waals surface area contributed by atoms with Gasteiger partial charge in [0.15, 0.2) is 0 Å². The molecule has 0 unspecified atom stereocenters. The van der Waals surface area contributed by atoms with Crippen molar-refractivity contribution in [1.82, 2.24) is 4.90 Å². The molecule has 0 saturated carbocycles. The van der Waals surface area contributed by atoms with Crippen molar-refractivity contribution in [1.29, 1.82) is 0 Å². The number of nitrogens with zero attached hydrogens (tertiary/aromatic N) is 1. The maximum Gasteiger partial charge on any atom is 0.117 e. The topological polar surface area (TPSA) is 42.4 Å². The smallest absolute Gasteiger partial charge is 0.117 e. The SMILES string of the molecule is CN(CCc1ccc(N)cc1)Cc1ccco1. The van der Waals surface area contributed by atoms with Gasteiger partial charge in [0.1, 0.15) is 5.76 Å². The Morgan fingerprint density at radius 1 is 1.18 bits per heavy atom. The molecule has 90 valence electrons. The molecule has 0 bridgehead atoms. The van der Waals surface area contributed by atoms with Gasteiger partial charge >= 0.3 is 0 Å². The highest BCUT2D eigenvalue weighted by atomic mass is 16.3. The summed E-state index contributed by atoms with van der Waals surface area (Å²) < 4.78 is 5.31. The summed E-state index contributed by atoms with van der Waals surface area (Å²) in [6, 6.07) is 12.0. The van der Waals surface area contributed by atoms with E-state index in [0.29, 0.717) is 0 Å². The Hall–Kier alpha value is -1.74. The fourth-order valence-corrected chi connectivity index (χ4v) is 1.75. The molecule has 1 aromatic heterocycles. The number of hydrogen-bond donors (Lipinski definition) is 1. The largest absolute Gasteiger partial charge is 0.468 e. The standard InChI is InChI=1S/C14H18N2O/c1-16(11-14-3-2-10-17-14)9-8-12-4-6-13(15)7-5-12/h2-7,10H,8-9,11,15H2,1H3. The lowest BCUT2D eigenvalue weighted by Crippen LogP contribution is -2.20. The van der Waals surface area contributed by atoms with E-state index in [-0.39, 0.29) is 0 Å².